The van der Waals surface area contributed by atoms with Crippen LogP contribution in [-0.2, 0) is 16.8 Å². The molecule has 0 heterocycles. The molecule has 0 saturated carbocycles. The van der Waals surface area contributed by atoms with Gasteiger partial charge in [0, 0.05) is 38.4 Å². The van der Waals surface area contributed by atoms with Gasteiger partial charge in [-0.25, -0.2) is 8.78 Å². The predicted octanol–water partition coefficient (Wildman–Crippen LogP) is 0.613. The van der Waals surface area contributed by atoms with Gasteiger partial charge >= 0.3 is 0 Å². The Morgan fingerprint density at radius 3 is 2.63 bits per heavy atom. The number of nitrogens with one attached hydrogen (secondary N) is 1. The maximum Gasteiger partial charge on any atom is 0.279 e. The second-order valence-electron chi connectivity index (χ2n) is 3.96. The molecule has 0 aliphatic heterocycles. The van der Waals surface area contributed by atoms with Crippen molar-refractivity contribution >= 4 is 10.2 Å². The highest BCUT2D eigenvalue weighted by atomic mass is 32.2. The summed E-state index contributed by atoms with van der Waals surface area (Å²) < 4.78 is 52.7. The van der Waals surface area contributed by atoms with Crippen LogP contribution in [0.25, 0.3) is 0 Å². The third-order valence-corrected chi connectivity index (χ3v) is 4.01. The average Bonchev–Trinajstić information content (AvgIpc) is 2.34. The fourth-order valence-electron chi connectivity index (χ4n) is 1.36. The van der Waals surface area contributed by atoms with Crippen molar-refractivity contribution < 1.29 is 22.3 Å². The minimum absolute atomic E-state index is 0.0560. The number of halogens is 2. The van der Waals surface area contributed by atoms with Gasteiger partial charge in [0.2, 0.25) is 0 Å². The lowest BCUT2D eigenvalue weighted by atomic mass is 10.2. The van der Waals surface area contributed by atoms with Gasteiger partial charge in [-0.05, 0) is 12.5 Å². The highest BCUT2D eigenvalue weighted by Crippen LogP contribution is 2.10. The molecule has 0 amide bonds. The van der Waals surface area contributed by atoms with E-state index in [-0.39, 0.29) is 25.3 Å². The summed E-state index contributed by atoms with van der Waals surface area (Å²) >= 11 is 0. The van der Waals surface area contributed by atoms with Crippen molar-refractivity contribution in [2.24, 2.45) is 0 Å². The van der Waals surface area contributed by atoms with Crippen molar-refractivity contribution in [3.05, 3.63) is 35.4 Å². The van der Waals surface area contributed by atoms with Crippen LogP contribution in [0.15, 0.2) is 18.2 Å². The number of benzene rings is 1. The Bertz CT molecular complexity index is 523. The third kappa shape index (κ3) is 4.83. The summed E-state index contributed by atoms with van der Waals surface area (Å²) in [5, 5.41) is 8.62. The zero-order valence-corrected chi connectivity index (χ0v) is 11.3. The number of rotatable bonds is 7. The summed E-state index contributed by atoms with van der Waals surface area (Å²) in [5.74, 6) is -1.52. The first-order valence-corrected chi connectivity index (χ1v) is 7.06. The lowest BCUT2D eigenvalue weighted by Gasteiger charge is -2.17. The second kappa shape index (κ2) is 6.90. The fraction of sp³-hybridized carbons (Fsp3) is 0.455. The third-order valence-electron chi connectivity index (χ3n) is 2.50. The molecule has 108 valence electrons. The molecule has 0 aliphatic rings. The van der Waals surface area contributed by atoms with Crippen LogP contribution in [0.5, 0.6) is 0 Å². The van der Waals surface area contributed by atoms with Crippen LogP contribution in [0.3, 0.4) is 0 Å². The molecule has 8 heteroatoms. The molecule has 0 radical (unpaired) electrons. The van der Waals surface area contributed by atoms with Gasteiger partial charge in [0.25, 0.3) is 10.2 Å². The van der Waals surface area contributed by atoms with E-state index in [0.29, 0.717) is 12.5 Å². The van der Waals surface area contributed by atoms with Gasteiger partial charge in [-0.15, -0.1) is 0 Å². The van der Waals surface area contributed by atoms with E-state index < -0.39 is 21.8 Å². The van der Waals surface area contributed by atoms with Gasteiger partial charge in [0.05, 0.1) is 0 Å². The normalized spacial score (nSPS) is 12.1. The average molecular weight is 294 g/mol. The summed E-state index contributed by atoms with van der Waals surface area (Å²) in [4.78, 5) is 0. The molecule has 0 aromatic heterocycles. The van der Waals surface area contributed by atoms with E-state index in [4.69, 9.17) is 5.11 Å². The summed E-state index contributed by atoms with van der Waals surface area (Å²) in [5.41, 5.74) is 0.0560. The van der Waals surface area contributed by atoms with Crippen molar-refractivity contribution in [2.75, 3.05) is 20.2 Å². The first-order chi connectivity index (χ1) is 8.86. The SMILES string of the molecule is CN(CCCO)S(=O)(=O)NCc1ccc(F)cc1F. The fourth-order valence-corrected chi connectivity index (χ4v) is 2.29. The molecule has 0 fully saturated rings. The van der Waals surface area contributed by atoms with E-state index in [1.54, 1.807) is 0 Å². The Labute approximate surface area is 111 Å². The van der Waals surface area contributed by atoms with Crippen LogP contribution in [-0.4, -0.2) is 38.0 Å². The van der Waals surface area contributed by atoms with Crippen molar-refractivity contribution in [2.45, 2.75) is 13.0 Å². The standard InChI is InChI=1S/C11H16F2N2O3S/c1-15(5-2-6-16)19(17,18)14-8-9-3-4-10(12)7-11(9)13/h3-4,7,14,16H,2,5-6,8H2,1H3. The first-order valence-electron chi connectivity index (χ1n) is 5.62. The van der Waals surface area contributed by atoms with E-state index in [9.17, 15) is 17.2 Å². The van der Waals surface area contributed by atoms with Gasteiger partial charge in [0.15, 0.2) is 0 Å². The molecular weight excluding hydrogens is 278 g/mol. The second-order valence-corrected chi connectivity index (χ2v) is 5.82. The Morgan fingerprint density at radius 1 is 1.37 bits per heavy atom. The maximum atomic E-state index is 13.3. The van der Waals surface area contributed by atoms with Gasteiger partial charge in [-0.3, -0.25) is 0 Å². The number of aliphatic hydroxyl groups is 1. The van der Waals surface area contributed by atoms with Crippen LogP contribution < -0.4 is 4.72 Å². The molecule has 1 aromatic rings. The van der Waals surface area contributed by atoms with Gasteiger partial charge in [-0.1, -0.05) is 6.07 Å². The lowest BCUT2D eigenvalue weighted by molar-refractivity contribution is 0.275. The zero-order valence-electron chi connectivity index (χ0n) is 10.4. The number of nitrogens with zero attached hydrogens (tertiary/aromatic N) is 1. The van der Waals surface area contributed by atoms with Crippen molar-refractivity contribution in [1.82, 2.24) is 9.03 Å². The minimum atomic E-state index is -3.75. The summed E-state index contributed by atoms with van der Waals surface area (Å²) in [6, 6.07) is 2.93. The molecule has 1 aromatic carbocycles. The van der Waals surface area contributed by atoms with Crippen LogP contribution in [0, 0.1) is 11.6 Å². The van der Waals surface area contributed by atoms with Crippen LogP contribution in [0.1, 0.15) is 12.0 Å². The van der Waals surface area contributed by atoms with Crippen molar-refractivity contribution in [3.63, 3.8) is 0 Å². The quantitative estimate of drug-likeness (QED) is 0.774. The molecule has 0 aliphatic carbocycles. The monoisotopic (exact) mass is 294 g/mol. The van der Waals surface area contributed by atoms with Gasteiger partial charge < -0.3 is 5.11 Å². The molecule has 19 heavy (non-hydrogen) atoms. The van der Waals surface area contributed by atoms with E-state index in [1.165, 1.54) is 13.1 Å². The molecular formula is C11H16F2N2O3S. The van der Waals surface area contributed by atoms with E-state index in [0.717, 1.165) is 10.4 Å². The molecule has 0 saturated heterocycles. The number of aliphatic hydroxyl groups excluding tert-OH is 1. The highest BCUT2D eigenvalue weighted by Gasteiger charge is 2.17. The van der Waals surface area contributed by atoms with E-state index in [1.807, 2.05) is 0 Å². The topological polar surface area (TPSA) is 69.6 Å². The minimum Gasteiger partial charge on any atom is -0.396 e. The molecule has 0 atom stereocenters. The Hall–Kier alpha value is -1.09. The molecule has 0 bridgehead atoms. The maximum absolute atomic E-state index is 13.3. The number of hydrogen-bond acceptors (Lipinski definition) is 3. The van der Waals surface area contributed by atoms with Crippen LogP contribution in [0.4, 0.5) is 8.78 Å². The Kier molecular flexibility index (Phi) is 5.80. The molecule has 1 rings (SSSR count). The smallest absolute Gasteiger partial charge is 0.279 e. The number of hydrogen-bond donors (Lipinski definition) is 2. The lowest BCUT2D eigenvalue weighted by Crippen LogP contribution is -2.38. The van der Waals surface area contributed by atoms with Gasteiger partial charge in [0.1, 0.15) is 11.6 Å². The summed E-state index contributed by atoms with van der Waals surface area (Å²) in [7, 11) is -2.40. The van der Waals surface area contributed by atoms with E-state index in [2.05, 4.69) is 4.72 Å². The predicted molar refractivity (Wildman–Crippen MR) is 66.5 cm³/mol. The molecule has 2 N–H and O–H groups in total. The Morgan fingerprint density at radius 2 is 2.05 bits per heavy atom. The van der Waals surface area contributed by atoms with Crippen LogP contribution in [0.2, 0.25) is 0 Å². The van der Waals surface area contributed by atoms with Crippen molar-refractivity contribution in [1.29, 1.82) is 0 Å². The van der Waals surface area contributed by atoms with Crippen LogP contribution >= 0.6 is 0 Å². The van der Waals surface area contributed by atoms with Gasteiger partial charge in [-0.2, -0.15) is 17.4 Å². The largest absolute Gasteiger partial charge is 0.396 e. The van der Waals surface area contributed by atoms with E-state index >= 15 is 0 Å². The highest BCUT2D eigenvalue weighted by molar-refractivity contribution is 7.87. The molecule has 0 unspecified atom stereocenters. The molecule has 5 nitrogen and oxygen atoms in total. The summed E-state index contributed by atoms with van der Waals surface area (Å²) in [6.45, 7) is -0.234. The summed E-state index contributed by atoms with van der Waals surface area (Å²) in [6.07, 6.45) is 0.308. The molecule has 0 spiro atoms. The Balaban J connectivity index is 2.64. The van der Waals surface area contributed by atoms with Crippen molar-refractivity contribution in [3.8, 4) is 0 Å². The first kappa shape index (κ1) is 16.0. The zero-order chi connectivity index (χ0) is 14.5.